The van der Waals surface area contributed by atoms with Gasteiger partial charge < -0.3 is 20.9 Å². The van der Waals surface area contributed by atoms with Gasteiger partial charge in [-0.05, 0) is 38.5 Å². The Morgan fingerprint density at radius 3 is 2.69 bits per heavy atom. The summed E-state index contributed by atoms with van der Waals surface area (Å²) in [6.07, 6.45) is 1.60. The number of nitrogens with one attached hydrogen (secondary N) is 2. The molecule has 1 amide bonds. The largest absolute Gasteiger partial charge is 0.396 e. The van der Waals surface area contributed by atoms with Gasteiger partial charge in [0.15, 0.2) is 11.0 Å². The van der Waals surface area contributed by atoms with Crippen molar-refractivity contribution >= 4 is 34.7 Å². The Morgan fingerprint density at radius 2 is 2.00 bits per heavy atom. The molecule has 0 spiro atoms. The number of amides is 1. The molecule has 9 heteroatoms. The zero-order chi connectivity index (χ0) is 21.0. The first-order chi connectivity index (χ1) is 13.9. The van der Waals surface area contributed by atoms with E-state index in [1.807, 2.05) is 49.6 Å². The second-order valence-corrected chi connectivity index (χ2v) is 7.55. The van der Waals surface area contributed by atoms with E-state index in [9.17, 15) is 4.79 Å². The van der Waals surface area contributed by atoms with Crippen LogP contribution in [-0.4, -0.2) is 38.5 Å². The Morgan fingerprint density at radius 1 is 1.21 bits per heavy atom. The second-order valence-electron chi connectivity index (χ2n) is 6.61. The number of benzene rings is 1. The van der Waals surface area contributed by atoms with Gasteiger partial charge in [0.2, 0.25) is 5.91 Å². The maximum Gasteiger partial charge on any atom is 0.234 e. The van der Waals surface area contributed by atoms with Crippen LogP contribution in [0.1, 0.15) is 18.1 Å². The lowest BCUT2D eigenvalue weighted by atomic mass is 10.1. The summed E-state index contributed by atoms with van der Waals surface area (Å²) in [7, 11) is 1.80. The highest BCUT2D eigenvalue weighted by Gasteiger charge is 2.16. The van der Waals surface area contributed by atoms with Crippen LogP contribution in [0.4, 0.5) is 17.1 Å². The van der Waals surface area contributed by atoms with Crippen LogP contribution in [0.5, 0.6) is 0 Å². The fourth-order valence-electron chi connectivity index (χ4n) is 2.94. The molecule has 2 heterocycles. The summed E-state index contributed by atoms with van der Waals surface area (Å²) in [5, 5.41) is 15.2. The minimum absolute atomic E-state index is 0.0859. The van der Waals surface area contributed by atoms with Crippen molar-refractivity contribution in [2.75, 3.05) is 29.2 Å². The average molecular weight is 412 g/mol. The molecule has 152 valence electrons. The Kier molecular flexibility index (Phi) is 6.38. The smallest absolute Gasteiger partial charge is 0.234 e. The molecule has 2 aromatic heterocycles. The van der Waals surface area contributed by atoms with Gasteiger partial charge in [-0.1, -0.05) is 29.5 Å². The van der Waals surface area contributed by atoms with E-state index in [2.05, 4.69) is 25.8 Å². The van der Waals surface area contributed by atoms with E-state index in [0.717, 1.165) is 22.5 Å². The number of pyridine rings is 1. The molecule has 0 bridgehead atoms. The third-order valence-corrected chi connectivity index (χ3v) is 5.42. The van der Waals surface area contributed by atoms with Crippen molar-refractivity contribution in [1.29, 1.82) is 0 Å². The number of rotatable bonds is 7. The molecule has 0 aliphatic carbocycles. The monoisotopic (exact) mass is 411 g/mol. The van der Waals surface area contributed by atoms with Crippen molar-refractivity contribution in [2.45, 2.75) is 32.5 Å². The molecule has 29 heavy (non-hydrogen) atoms. The van der Waals surface area contributed by atoms with Crippen LogP contribution < -0.4 is 16.4 Å². The van der Waals surface area contributed by atoms with Gasteiger partial charge in [-0.15, -0.1) is 10.2 Å². The second kappa shape index (κ2) is 8.95. The van der Waals surface area contributed by atoms with Crippen LogP contribution in [0.15, 0.2) is 35.6 Å². The molecule has 8 nitrogen and oxygen atoms in total. The van der Waals surface area contributed by atoms with Crippen LogP contribution >= 0.6 is 11.8 Å². The fourth-order valence-corrected chi connectivity index (χ4v) is 3.75. The standard InChI is InChI=1S/C20H25N7OS/c1-5-27-19(17-9-16(22-4)14(21)10-23-17)25-26-20(27)29-11-18(28)24-15-7-6-12(2)8-13(15)3/h6-10H,5,11,21H2,1-4H3,(H,22,23)(H,24,28). The van der Waals surface area contributed by atoms with Gasteiger partial charge in [-0.2, -0.15) is 0 Å². The predicted molar refractivity (Wildman–Crippen MR) is 118 cm³/mol. The summed E-state index contributed by atoms with van der Waals surface area (Å²) in [6, 6.07) is 7.79. The van der Waals surface area contributed by atoms with Crippen molar-refractivity contribution in [3.63, 3.8) is 0 Å². The number of nitrogen functional groups attached to an aromatic ring is 1. The van der Waals surface area contributed by atoms with Gasteiger partial charge in [0.1, 0.15) is 5.69 Å². The van der Waals surface area contributed by atoms with E-state index in [1.165, 1.54) is 11.8 Å². The first-order valence-electron chi connectivity index (χ1n) is 9.29. The lowest BCUT2D eigenvalue weighted by molar-refractivity contribution is -0.113. The molecular formula is C20H25N7OS. The molecule has 0 radical (unpaired) electrons. The van der Waals surface area contributed by atoms with Crippen molar-refractivity contribution in [2.24, 2.45) is 0 Å². The number of hydrogen-bond acceptors (Lipinski definition) is 7. The average Bonchev–Trinajstić information content (AvgIpc) is 3.12. The number of thioether (sulfide) groups is 1. The molecule has 0 unspecified atom stereocenters. The summed E-state index contributed by atoms with van der Waals surface area (Å²) in [6.45, 7) is 6.67. The summed E-state index contributed by atoms with van der Waals surface area (Å²) in [5.41, 5.74) is 10.9. The highest BCUT2D eigenvalue weighted by Crippen LogP contribution is 2.27. The molecule has 0 saturated carbocycles. The number of aryl methyl sites for hydroxylation is 2. The third-order valence-electron chi connectivity index (χ3n) is 4.45. The van der Waals surface area contributed by atoms with Crippen molar-refractivity contribution in [3.8, 4) is 11.5 Å². The van der Waals surface area contributed by atoms with Crippen molar-refractivity contribution in [3.05, 3.63) is 41.6 Å². The summed E-state index contributed by atoms with van der Waals surface area (Å²) >= 11 is 1.35. The van der Waals surface area contributed by atoms with Crippen molar-refractivity contribution in [1.82, 2.24) is 19.7 Å². The first kappa shape index (κ1) is 20.7. The Labute approximate surface area is 174 Å². The number of hydrogen-bond donors (Lipinski definition) is 3. The Hall–Kier alpha value is -3.07. The SMILES string of the molecule is CCn1c(SCC(=O)Nc2ccc(C)cc2C)nnc1-c1cc(NC)c(N)cn1. The highest BCUT2D eigenvalue weighted by atomic mass is 32.2. The predicted octanol–water partition coefficient (Wildman–Crippen LogP) is 3.33. The van der Waals surface area contributed by atoms with Crippen LogP contribution in [0.2, 0.25) is 0 Å². The number of anilines is 3. The van der Waals surface area contributed by atoms with Crippen LogP contribution in [-0.2, 0) is 11.3 Å². The lowest BCUT2D eigenvalue weighted by Crippen LogP contribution is -2.15. The van der Waals surface area contributed by atoms with Crippen LogP contribution in [0, 0.1) is 13.8 Å². The maximum atomic E-state index is 12.4. The van der Waals surface area contributed by atoms with Gasteiger partial charge in [-0.25, -0.2) is 0 Å². The topological polar surface area (TPSA) is 111 Å². The summed E-state index contributed by atoms with van der Waals surface area (Å²) in [4.78, 5) is 16.8. The number of carbonyl (C=O) groups is 1. The molecule has 0 aliphatic heterocycles. The molecule has 1 aromatic carbocycles. The minimum Gasteiger partial charge on any atom is -0.396 e. The fraction of sp³-hybridized carbons (Fsp3) is 0.300. The number of aromatic nitrogens is 4. The Bertz CT molecular complexity index is 1030. The molecule has 0 saturated heterocycles. The van der Waals surface area contributed by atoms with Gasteiger partial charge in [-0.3, -0.25) is 9.78 Å². The normalized spacial score (nSPS) is 10.8. The third kappa shape index (κ3) is 4.68. The molecule has 0 aliphatic rings. The zero-order valence-corrected chi connectivity index (χ0v) is 17.8. The summed E-state index contributed by atoms with van der Waals surface area (Å²) < 4.78 is 1.94. The quantitative estimate of drug-likeness (QED) is 0.511. The minimum atomic E-state index is -0.0859. The molecule has 3 rings (SSSR count). The van der Waals surface area contributed by atoms with E-state index in [-0.39, 0.29) is 11.7 Å². The number of carbonyl (C=O) groups excluding carboxylic acids is 1. The molecular weight excluding hydrogens is 386 g/mol. The van der Waals surface area contributed by atoms with E-state index in [0.29, 0.717) is 28.9 Å². The molecule has 3 aromatic rings. The van der Waals surface area contributed by atoms with Gasteiger partial charge in [0, 0.05) is 19.3 Å². The van der Waals surface area contributed by atoms with Crippen LogP contribution in [0.25, 0.3) is 11.5 Å². The zero-order valence-electron chi connectivity index (χ0n) is 17.0. The highest BCUT2D eigenvalue weighted by molar-refractivity contribution is 7.99. The van der Waals surface area contributed by atoms with Crippen molar-refractivity contribution < 1.29 is 4.79 Å². The van der Waals surface area contributed by atoms with Gasteiger partial charge in [0.05, 0.1) is 23.3 Å². The van der Waals surface area contributed by atoms with Gasteiger partial charge >= 0.3 is 0 Å². The van der Waals surface area contributed by atoms with Gasteiger partial charge in [0.25, 0.3) is 0 Å². The maximum absolute atomic E-state index is 12.4. The summed E-state index contributed by atoms with van der Waals surface area (Å²) in [5.74, 6) is 0.793. The number of nitrogens with two attached hydrogens (primary N) is 1. The van der Waals surface area contributed by atoms with E-state index < -0.39 is 0 Å². The lowest BCUT2D eigenvalue weighted by Gasteiger charge is -2.10. The van der Waals surface area contributed by atoms with E-state index in [1.54, 1.807) is 13.2 Å². The van der Waals surface area contributed by atoms with E-state index >= 15 is 0 Å². The van der Waals surface area contributed by atoms with E-state index in [4.69, 9.17) is 5.73 Å². The molecule has 4 N–H and O–H groups in total. The molecule has 0 atom stereocenters. The Balaban J connectivity index is 1.73. The first-order valence-corrected chi connectivity index (χ1v) is 10.3. The van der Waals surface area contributed by atoms with Crippen LogP contribution in [0.3, 0.4) is 0 Å². The number of nitrogens with zero attached hydrogens (tertiary/aromatic N) is 4. The molecule has 0 fully saturated rings.